The van der Waals surface area contributed by atoms with Crippen molar-refractivity contribution in [1.82, 2.24) is 10.8 Å². The van der Waals surface area contributed by atoms with Crippen molar-refractivity contribution in [2.75, 3.05) is 11.5 Å². The number of esters is 1. The van der Waals surface area contributed by atoms with Crippen molar-refractivity contribution in [1.29, 1.82) is 0 Å². The second kappa shape index (κ2) is 16.0. The summed E-state index contributed by atoms with van der Waals surface area (Å²) in [5, 5.41) is 14.9. The van der Waals surface area contributed by atoms with Crippen LogP contribution in [0.5, 0.6) is 5.75 Å². The molecule has 10 nitrogen and oxygen atoms in total. The minimum atomic E-state index is -0.944. The van der Waals surface area contributed by atoms with Crippen molar-refractivity contribution in [3.63, 3.8) is 0 Å². The lowest BCUT2D eigenvalue weighted by Gasteiger charge is -2.20. The summed E-state index contributed by atoms with van der Waals surface area (Å²) >= 11 is 1.55. The summed E-state index contributed by atoms with van der Waals surface area (Å²) in [7, 11) is 0. The number of nitrogens with one attached hydrogen (secondary N) is 2. The standard InChI is InChI=1S/C35H37N3O7S/c39-32(36-30(21-24-7-2-1-3-8-24)34(41)45-29-9-4-5-10-29)11-6-19-44-28-15-12-25(13-16-28)22-33(40)38(35(42)37-43)27-14-17-31-26(23-27)18-20-46-31/h1-3,7-8,12-18,20,23,29-30,43H,4-6,9-11,19,21-22H2,(H,36,39)(H,37,42). The van der Waals surface area contributed by atoms with Gasteiger partial charge in [-0.15, -0.1) is 11.3 Å². The van der Waals surface area contributed by atoms with Gasteiger partial charge in [-0.1, -0.05) is 42.5 Å². The molecule has 1 aliphatic carbocycles. The third-order valence-corrected chi connectivity index (χ3v) is 8.72. The van der Waals surface area contributed by atoms with E-state index in [1.165, 1.54) is 0 Å². The number of hydrogen-bond acceptors (Lipinski definition) is 8. The van der Waals surface area contributed by atoms with Gasteiger partial charge in [0.05, 0.1) is 18.7 Å². The summed E-state index contributed by atoms with van der Waals surface area (Å²) in [6, 6.07) is 21.8. The number of benzene rings is 3. The van der Waals surface area contributed by atoms with E-state index >= 15 is 0 Å². The van der Waals surface area contributed by atoms with Crippen molar-refractivity contribution in [2.24, 2.45) is 0 Å². The average molecular weight is 644 g/mol. The Kier molecular flexibility index (Phi) is 11.4. The zero-order chi connectivity index (χ0) is 32.3. The summed E-state index contributed by atoms with van der Waals surface area (Å²) in [6.07, 6.45) is 4.61. The van der Waals surface area contributed by atoms with Gasteiger partial charge in [0.15, 0.2) is 0 Å². The van der Waals surface area contributed by atoms with E-state index in [0.717, 1.165) is 46.2 Å². The van der Waals surface area contributed by atoms with Crippen molar-refractivity contribution in [3.8, 4) is 5.75 Å². The Labute approximate surface area is 271 Å². The number of fused-ring (bicyclic) bond motifs is 1. The maximum absolute atomic E-state index is 13.1. The number of rotatable bonds is 13. The number of hydroxylamine groups is 1. The van der Waals surface area contributed by atoms with Crippen LogP contribution in [0.3, 0.4) is 0 Å². The van der Waals surface area contributed by atoms with Crippen molar-refractivity contribution in [2.45, 2.75) is 63.5 Å². The fraction of sp³-hybridized carbons (Fsp3) is 0.314. The first-order valence-electron chi connectivity index (χ1n) is 15.4. The number of anilines is 1. The van der Waals surface area contributed by atoms with Gasteiger partial charge in [-0.2, -0.15) is 0 Å². The number of thiophene rings is 1. The molecule has 0 aliphatic heterocycles. The van der Waals surface area contributed by atoms with Crippen LogP contribution in [0.15, 0.2) is 84.2 Å². The molecule has 5 rings (SSSR count). The van der Waals surface area contributed by atoms with E-state index in [0.29, 0.717) is 29.8 Å². The van der Waals surface area contributed by atoms with Gasteiger partial charge in [0.1, 0.15) is 17.9 Å². The van der Waals surface area contributed by atoms with Crippen LogP contribution in [0, 0.1) is 0 Å². The number of amides is 4. The maximum Gasteiger partial charge on any atom is 0.352 e. The van der Waals surface area contributed by atoms with Crippen LogP contribution in [0.2, 0.25) is 0 Å². The lowest BCUT2D eigenvalue weighted by Crippen LogP contribution is -2.44. The fourth-order valence-electron chi connectivity index (χ4n) is 5.46. The fourth-order valence-corrected chi connectivity index (χ4v) is 6.23. The molecule has 4 aromatic rings. The summed E-state index contributed by atoms with van der Waals surface area (Å²) in [4.78, 5) is 52.1. The van der Waals surface area contributed by atoms with Gasteiger partial charge in [0.25, 0.3) is 0 Å². The molecule has 0 saturated heterocycles. The average Bonchev–Trinajstić information content (AvgIpc) is 3.76. The van der Waals surface area contributed by atoms with Crippen molar-refractivity contribution in [3.05, 3.63) is 95.4 Å². The Morgan fingerprint density at radius 1 is 0.935 bits per heavy atom. The van der Waals surface area contributed by atoms with Crippen LogP contribution >= 0.6 is 11.3 Å². The van der Waals surface area contributed by atoms with Gasteiger partial charge in [-0.25, -0.2) is 20.0 Å². The molecule has 0 bridgehead atoms. The van der Waals surface area contributed by atoms with Crippen LogP contribution in [0.4, 0.5) is 10.5 Å². The van der Waals surface area contributed by atoms with Gasteiger partial charge in [-0.05, 0) is 90.4 Å². The second-order valence-electron chi connectivity index (χ2n) is 11.2. The number of nitrogens with zero attached hydrogens (tertiary/aromatic N) is 1. The molecule has 1 unspecified atom stereocenters. The molecule has 3 aromatic carbocycles. The number of ether oxygens (including phenoxy) is 2. The number of hydrogen-bond donors (Lipinski definition) is 3. The van der Waals surface area contributed by atoms with Gasteiger partial charge >= 0.3 is 12.0 Å². The third-order valence-electron chi connectivity index (χ3n) is 7.83. The highest BCUT2D eigenvalue weighted by molar-refractivity contribution is 7.17. The first-order chi connectivity index (χ1) is 22.4. The van der Waals surface area contributed by atoms with E-state index in [1.807, 2.05) is 47.8 Å². The smallest absolute Gasteiger partial charge is 0.352 e. The monoisotopic (exact) mass is 643 g/mol. The molecule has 0 radical (unpaired) electrons. The van der Waals surface area contributed by atoms with E-state index in [2.05, 4.69) is 5.32 Å². The first-order valence-corrected chi connectivity index (χ1v) is 16.3. The molecule has 3 N–H and O–H groups in total. The number of imide groups is 1. The highest BCUT2D eigenvalue weighted by Gasteiger charge is 2.27. The molecule has 46 heavy (non-hydrogen) atoms. The van der Waals surface area contributed by atoms with E-state index in [-0.39, 0.29) is 31.5 Å². The van der Waals surface area contributed by atoms with Crippen molar-refractivity contribution < 1.29 is 33.9 Å². The van der Waals surface area contributed by atoms with E-state index in [1.54, 1.807) is 53.2 Å². The lowest BCUT2D eigenvalue weighted by atomic mass is 10.1. The summed E-state index contributed by atoms with van der Waals surface area (Å²) in [5.74, 6) is -0.607. The topological polar surface area (TPSA) is 134 Å². The van der Waals surface area contributed by atoms with Crippen LogP contribution in [0.25, 0.3) is 10.1 Å². The molecule has 11 heteroatoms. The zero-order valence-corrected chi connectivity index (χ0v) is 26.2. The highest BCUT2D eigenvalue weighted by Crippen LogP contribution is 2.27. The Morgan fingerprint density at radius 3 is 2.43 bits per heavy atom. The second-order valence-corrected chi connectivity index (χ2v) is 12.2. The zero-order valence-electron chi connectivity index (χ0n) is 25.4. The van der Waals surface area contributed by atoms with Crippen LogP contribution in [-0.2, 0) is 32.0 Å². The Morgan fingerprint density at radius 2 is 1.70 bits per heavy atom. The Balaban J connectivity index is 1.09. The normalized spacial score (nSPS) is 13.6. The maximum atomic E-state index is 13.1. The number of carbonyl (C=O) groups excluding carboxylic acids is 4. The highest BCUT2D eigenvalue weighted by atomic mass is 32.1. The third kappa shape index (κ3) is 8.92. The summed E-state index contributed by atoms with van der Waals surface area (Å²) in [5.41, 5.74) is 3.50. The van der Waals surface area contributed by atoms with E-state index in [9.17, 15) is 24.4 Å². The van der Waals surface area contributed by atoms with Crippen LogP contribution in [0.1, 0.15) is 49.7 Å². The summed E-state index contributed by atoms with van der Waals surface area (Å²) < 4.78 is 12.5. The Bertz CT molecular complexity index is 1630. The van der Waals surface area contributed by atoms with E-state index in [4.69, 9.17) is 9.47 Å². The minimum absolute atomic E-state index is 0.0805. The number of urea groups is 1. The van der Waals surface area contributed by atoms with Gasteiger partial charge in [-0.3, -0.25) is 14.8 Å². The first kappa shape index (κ1) is 32.6. The predicted molar refractivity (Wildman–Crippen MR) is 175 cm³/mol. The van der Waals surface area contributed by atoms with Crippen molar-refractivity contribution >= 4 is 50.9 Å². The predicted octanol–water partition coefficient (Wildman–Crippen LogP) is 5.95. The lowest BCUT2D eigenvalue weighted by molar-refractivity contribution is -0.152. The Hall–Kier alpha value is -4.74. The minimum Gasteiger partial charge on any atom is -0.494 e. The molecule has 1 saturated carbocycles. The molecule has 1 atom stereocenters. The summed E-state index contributed by atoms with van der Waals surface area (Å²) in [6.45, 7) is 0.275. The number of carbonyl (C=O) groups is 4. The molecule has 1 heterocycles. The molecule has 240 valence electrons. The van der Waals surface area contributed by atoms with Gasteiger partial charge in [0, 0.05) is 17.5 Å². The SMILES string of the molecule is O=C(CCCOc1ccc(CC(=O)N(C(=O)NO)c2ccc3sccc3c2)cc1)NC(Cc1ccccc1)C(=O)OC1CCCC1. The van der Waals surface area contributed by atoms with Gasteiger partial charge in [0.2, 0.25) is 11.8 Å². The van der Waals surface area contributed by atoms with Crippen LogP contribution in [-0.4, -0.2) is 47.8 Å². The quantitative estimate of drug-likeness (QED) is 0.0710. The molecular weight excluding hydrogens is 606 g/mol. The molecule has 4 amide bonds. The molecule has 1 aromatic heterocycles. The van der Waals surface area contributed by atoms with E-state index < -0.39 is 23.9 Å². The molecule has 0 spiro atoms. The largest absolute Gasteiger partial charge is 0.494 e. The molecule has 1 fully saturated rings. The molecule has 1 aliphatic rings. The molecular formula is C35H37N3O7S. The van der Waals surface area contributed by atoms with Gasteiger partial charge < -0.3 is 14.8 Å². The van der Waals surface area contributed by atoms with Crippen LogP contribution < -0.4 is 20.4 Å².